The number of anilines is 1. The van der Waals surface area contributed by atoms with Crippen LogP contribution in [0.1, 0.15) is 26.7 Å². The van der Waals surface area contributed by atoms with Crippen LogP contribution in [0.2, 0.25) is 0 Å². The quantitative estimate of drug-likeness (QED) is 0.431. The number of sulfonamides is 1. The third kappa shape index (κ3) is 7.19. The molecule has 0 aliphatic heterocycles. The Morgan fingerprint density at radius 2 is 1.81 bits per heavy atom. The van der Waals surface area contributed by atoms with Crippen LogP contribution in [-0.4, -0.2) is 43.4 Å². The molecule has 0 bridgehead atoms. The van der Waals surface area contributed by atoms with Crippen molar-refractivity contribution >= 4 is 33.5 Å². The molecule has 0 saturated carbocycles. The zero-order valence-electron chi connectivity index (χ0n) is 15.1. The summed E-state index contributed by atoms with van der Waals surface area (Å²) in [6, 6.07) is 3.06. The Bertz CT molecular complexity index is 804. The van der Waals surface area contributed by atoms with Crippen LogP contribution < -0.4 is 15.4 Å². The Hall–Kier alpha value is -2.72. The molecule has 1 rings (SSSR count). The average molecular weight is 397 g/mol. The zero-order chi connectivity index (χ0) is 20.6. The Balaban J connectivity index is 2.79. The first-order chi connectivity index (χ1) is 12.6. The van der Waals surface area contributed by atoms with Gasteiger partial charge in [0, 0.05) is 12.6 Å². The van der Waals surface area contributed by atoms with E-state index >= 15 is 0 Å². The molecule has 0 heterocycles. The van der Waals surface area contributed by atoms with E-state index in [1.807, 2.05) is 0 Å². The molecule has 148 valence electrons. The molecule has 2 atom stereocenters. The summed E-state index contributed by atoms with van der Waals surface area (Å²) in [5.41, 5.74) is 0.429. The van der Waals surface area contributed by atoms with Gasteiger partial charge >= 0.3 is 5.97 Å². The van der Waals surface area contributed by atoms with Gasteiger partial charge in [-0.2, -0.15) is 4.72 Å². The number of amides is 2. The molecule has 0 spiro atoms. The number of rotatable bonds is 10. The normalized spacial score (nSPS) is 13.3. The highest BCUT2D eigenvalue weighted by Gasteiger charge is 2.26. The average Bonchev–Trinajstić information content (AvgIpc) is 2.57. The number of allylic oxidation sites excluding steroid dienone is 1. The molecule has 9 nitrogen and oxygen atoms in total. The summed E-state index contributed by atoms with van der Waals surface area (Å²) in [7, 11) is -4.01. The number of aliphatic carboxylic acids is 1. The van der Waals surface area contributed by atoms with Crippen LogP contribution in [0.4, 0.5) is 5.69 Å². The number of hydrogen-bond donors (Lipinski definition) is 4. The van der Waals surface area contributed by atoms with Crippen molar-refractivity contribution in [2.45, 2.75) is 43.7 Å². The number of carbonyl (C=O) groups excluding carboxylic acids is 2. The second kappa shape index (κ2) is 9.83. The van der Waals surface area contributed by atoms with E-state index in [0.717, 1.165) is 0 Å². The number of benzene rings is 1. The first kappa shape index (κ1) is 22.3. The minimum absolute atomic E-state index is 0.0994. The smallest absolute Gasteiger partial charge is 0.326 e. The molecule has 0 aliphatic carbocycles. The summed E-state index contributed by atoms with van der Waals surface area (Å²) in [6.07, 6.45) is 2.06. The third-order valence-corrected chi connectivity index (χ3v) is 5.04. The summed E-state index contributed by atoms with van der Waals surface area (Å²) in [6.45, 7) is 6.13. The largest absolute Gasteiger partial charge is 0.480 e. The molecule has 0 aliphatic rings. The summed E-state index contributed by atoms with van der Waals surface area (Å²) in [5.74, 6) is -2.27. The van der Waals surface area contributed by atoms with Gasteiger partial charge in [-0.25, -0.2) is 13.2 Å². The fourth-order valence-corrected chi connectivity index (χ4v) is 3.32. The SMILES string of the molecule is C=CCCC(NC(=O)C(C)NS(=O)(=O)c1ccc(NC(C)=O)cc1)C(=O)O. The van der Waals surface area contributed by atoms with Crippen molar-refractivity contribution in [3.05, 3.63) is 36.9 Å². The van der Waals surface area contributed by atoms with Crippen molar-refractivity contribution in [2.24, 2.45) is 0 Å². The number of hydrogen-bond acceptors (Lipinski definition) is 5. The Labute approximate surface area is 157 Å². The lowest BCUT2D eigenvalue weighted by atomic mass is 10.1. The molecule has 0 saturated heterocycles. The lowest BCUT2D eigenvalue weighted by molar-refractivity contribution is -0.142. The highest BCUT2D eigenvalue weighted by atomic mass is 32.2. The minimum Gasteiger partial charge on any atom is -0.480 e. The monoisotopic (exact) mass is 397 g/mol. The fourth-order valence-electron chi connectivity index (χ4n) is 2.11. The molecule has 2 amide bonds. The van der Waals surface area contributed by atoms with Crippen molar-refractivity contribution in [3.8, 4) is 0 Å². The first-order valence-corrected chi connectivity index (χ1v) is 9.59. The van der Waals surface area contributed by atoms with Crippen molar-refractivity contribution in [3.63, 3.8) is 0 Å². The van der Waals surface area contributed by atoms with E-state index in [4.69, 9.17) is 5.11 Å². The van der Waals surface area contributed by atoms with Crippen LogP contribution in [0.25, 0.3) is 0 Å². The van der Waals surface area contributed by atoms with E-state index in [1.54, 1.807) is 0 Å². The summed E-state index contributed by atoms with van der Waals surface area (Å²) in [5, 5.41) is 13.9. The molecule has 0 fully saturated rings. The lowest BCUT2D eigenvalue weighted by Gasteiger charge is -2.18. The van der Waals surface area contributed by atoms with Crippen molar-refractivity contribution < 1.29 is 27.9 Å². The van der Waals surface area contributed by atoms with E-state index in [0.29, 0.717) is 12.1 Å². The van der Waals surface area contributed by atoms with Crippen molar-refractivity contribution in [1.82, 2.24) is 10.0 Å². The maximum absolute atomic E-state index is 12.4. The van der Waals surface area contributed by atoms with E-state index in [-0.39, 0.29) is 17.2 Å². The van der Waals surface area contributed by atoms with Gasteiger partial charge in [-0.05, 0) is 44.0 Å². The third-order valence-electron chi connectivity index (χ3n) is 3.48. The number of nitrogens with one attached hydrogen (secondary N) is 3. The van der Waals surface area contributed by atoms with Gasteiger partial charge < -0.3 is 15.7 Å². The van der Waals surface area contributed by atoms with E-state index in [9.17, 15) is 22.8 Å². The number of carbonyl (C=O) groups is 3. The minimum atomic E-state index is -4.01. The molecule has 0 aromatic heterocycles. The molecular weight excluding hydrogens is 374 g/mol. The lowest BCUT2D eigenvalue weighted by Crippen LogP contribution is -2.50. The second-order valence-corrected chi connectivity index (χ2v) is 7.53. The predicted molar refractivity (Wildman–Crippen MR) is 99.5 cm³/mol. The fraction of sp³-hybridized carbons (Fsp3) is 0.353. The highest BCUT2D eigenvalue weighted by Crippen LogP contribution is 2.14. The Morgan fingerprint density at radius 3 is 2.30 bits per heavy atom. The molecular formula is C17H23N3O6S. The van der Waals surface area contributed by atoms with Gasteiger partial charge in [-0.1, -0.05) is 6.08 Å². The standard InChI is InChI=1S/C17H23N3O6S/c1-4-5-6-15(17(23)24)19-16(22)11(2)20-27(25,26)14-9-7-13(8-10-14)18-12(3)21/h4,7-11,15,20H,1,5-6H2,2-3H3,(H,18,21)(H,19,22)(H,23,24). The van der Waals surface area contributed by atoms with Crippen molar-refractivity contribution in [2.75, 3.05) is 5.32 Å². The number of carboxylic acid groups (broad SMARTS) is 1. The molecule has 27 heavy (non-hydrogen) atoms. The zero-order valence-corrected chi connectivity index (χ0v) is 15.9. The molecule has 2 unspecified atom stereocenters. The van der Waals surface area contributed by atoms with Crippen molar-refractivity contribution in [1.29, 1.82) is 0 Å². The van der Waals surface area contributed by atoms with Crippen LogP contribution in [0.3, 0.4) is 0 Å². The molecule has 4 N–H and O–H groups in total. The van der Waals surface area contributed by atoms with Gasteiger partial charge in [0.05, 0.1) is 10.9 Å². The summed E-state index contributed by atoms with van der Waals surface area (Å²) in [4.78, 5) is 34.2. The predicted octanol–water partition coefficient (Wildman–Crippen LogP) is 0.847. The maximum Gasteiger partial charge on any atom is 0.326 e. The second-order valence-electron chi connectivity index (χ2n) is 5.81. The van der Waals surface area contributed by atoms with Crippen LogP contribution in [0.5, 0.6) is 0 Å². The molecule has 10 heteroatoms. The van der Waals surface area contributed by atoms with Gasteiger partial charge in [0.15, 0.2) is 0 Å². The van der Waals surface area contributed by atoms with Gasteiger partial charge in [-0.3, -0.25) is 9.59 Å². The molecule has 0 radical (unpaired) electrons. The van der Waals surface area contributed by atoms with Gasteiger partial charge in [-0.15, -0.1) is 6.58 Å². The molecule has 1 aromatic carbocycles. The summed E-state index contributed by atoms with van der Waals surface area (Å²) < 4.78 is 26.9. The highest BCUT2D eigenvalue weighted by molar-refractivity contribution is 7.89. The van der Waals surface area contributed by atoms with E-state index < -0.39 is 34.0 Å². The van der Waals surface area contributed by atoms with Crippen LogP contribution in [0, 0.1) is 0 Å². The van der Waals surface area contributed by atoms with Crippen LogP contribution in [0.15, 0.2) is 41.8 Å². The van der Waals surface area contributed by atoms with Crippen LogP contribution >= 0.6 is 0 Å². The number of carboxylic acids is 1. The molecule has 1 aromatic rings. The van der Waals surface area contributed by atoms with Crippen LogP contribution in [-0.2, 0) is 24.4 Å². The summed E-state index contributed by atoms with van der Waals surface area (Å²) >= 11 is 0. The topological polar surface area (TPSA) is 142 Å². The van der Waals surface area contributed by atoms with E-state index in [2.05, 4.69) is 21.9 Å². The van der Waals surface area contributed by atoms with Gasteiger partial charge in [0.1, 0.15) is 6.04 Å². The van der Waals surface area contributed by atoms with E-state index in [1.165, 1.54) is 44.2 Å². The van der Waals surface area contributed by atoms with Gasteiger partial charge in [0.25, 0.3) is 0 Å². The van der Waals surface area contributed by atoms with Gasteiger partial charge in [0.2, 0.25) is 21.8 Å². The maximum atomic E-state index is 12.4. The Morgan fingerprint density at radius 1 is 1.22 bits per heavy atom. The first-order valence-electron chi connectivity index (χ1n) is 8.11. The Kier molecular flexibility index (Phi) is 8.13.